The number of hydrogen-bond donors (Lipinski definition) is 2. The van der Waals surface area contributed by atoms with Crippen molar-refractivity contribution in [3.63, 3.8) is 0 Å². The Morgan fingerprint density at radius 1 is 1.39 bits per heavy atom. The maximum absolute atomic E-state index is 12.6. The third-order valence-corrected chi connectivity index (χ3v) is 10.4. The first-order valence-corrected chi connectivity index (χ1v) is 13.5. The summed E-state index contributed by atoms with van der Waals surface area (Å²) in [6.07, 6.45) is 7.76. The molecule has 6 atom stereocenters. The maximum Gasteiger partial charge on any atom is 0.226 e. The molecule has 33 heavy (non-hydrogen) atoms. The van der Waals surface area contributed by atoms with Crippen LogP contribution in [0.2, 0.25) is 0 Å². The van der Waals surface area contributed by atoms with E-state index in [1.807, 2.05) is 6.92 Å². The van der Waals surface area contributed by atoms with Gasteiger partial charge >= 0.3 is 0 Å². The van der Waals surface area contributed by atoms with Crippen LogP contribution in [-0.2, 0) is 11.2 Å². The van der Waals surface area contributed by atoms with Crippen LogP contribution in [-0.4, -0.2) is 22.0 Å². The minimum absolute atomic E-state index is 0.00526. The number of carbonyl (C=O) groups excluding carboxylic acids is 1. The van der Waals surface area contributed by atoms with Crippen molar-refractivity contribution in [1.29, 1.82) is 0 Å². The Balaban J connectivity index is 1.37. The van der Waals surface area contributed by atoms with Crippen LogP contribution in [0.25, 0.3) is 0 Å². The molecule has 0 radical (unpaired) electrons. The van der Waals surface area contributed by atoms with Gasteiger partial charge in [0.25, 0.3) is 0 Å². The molecule has 2 aromatic rings. The van der Waals surface area contributed by atoms with Crippen molar-refractivity contribution in [2.24, 2.45) is 28.3 Å². The molecule has 176 valence electrons. The van der Waals surface area contributed by atoms with Crippen molar-refractivity contribution in [2.45, 2.75) is 70.8 Å². The van der Waals surface area contributed by atoms with Crippen LogP contribution in [0.4, 0.5) is 5.13 Å². The van der Waals surface area contributed by atoms with Gasteiger partial charge in [-0.05, 0) is 108 Å². The average molecular weight is 533 g/mol. The number of phenols is 1. The Labute approximate surface area is 206 Å². The van der Waals surface area contributed by atoms with Crippen LogP contribution < -0.4 is 5.32 Å². The molecular weight excluding hydrogens is 502 g/mol. The van der Waals surface area contributed by atoms with E-state index in [1.165, 1.54) is 22.5 Å². The van der Waals surface area contributed by atoms with E-state index >= 15 is 0 Å². The largest absolute Gasteiger partial charge is 0.507 e. The van der Waals surface area contributed by atoms with Crippen LogP contribution in [0, 0.1) is 35.0 Å². The fourth-order valence-electron chi connectivity index (χ4n) is 7.24. The first-order chi connectivity index (χ1) is 15.8. The lowest BCUT2D eigenvalue weighted by Crippen LogP contribution is -2.45. The number of benzene rings is 1. The second kappa shape index (κ2) is 8.77. The number of hydrogen-bond acceptors (Lipinski definition) is 6. The number of halogens is 1. The van der Waals surface area contributed by atoms with Gasteiger partial charge in [0.2, 0.25) is 5.91 Å². The summed E-state index contributed by atoms with van der Waals surface area (Å²) >= 11 is 5.08. The molecule has 1 aromatic heterocycles. The minimum Gasteiger partial charge on any atom is -0.507 e. The van der Waals surface area contributed by atoms with Gasteiger partial charge in [-0.3, -0.25) is 4.79 Å². The lowest BCUT2D eigenvalue weighted by atomic mass is 9.53. The number of amides is 1. The fraction of sp³-hybridized carbons (Fsp3) is 0.600. The Bertz CT molecular complexity index is 1090. The van der Waals surface area contributed by atoms with Crippen molar-refractivity contribution < 1.29 is 9.90 Å². The topological polar surface area (TPSA) is 91.7 Å². The van der Waals surface area contributed by atoms with Gasteiger partial charge in [-0.1, -0.05) is 18.2 Å². The van der Waals surface area contributed by atoms with Gasteiger partial charge in [0.05, 0.1) is 10.5 Å². The summed E-state index contributed by atoms with van der Waals surface area (Å²) in [6.45, 7) is 4.24. The number of carbonyl (C=O) groups is 1. The molecule has 0 aliphatic heterocycles. The zero-order chi connectivity index (χ0) is 23.3. The number of anilines is 1. The molecule has 0 spiro atoms. The molecule has 0 bridgehead atoms. The molecule has 6 nitrogen and oxygen atoms in total. The van der Waals surface area contributed by atoms with E-state index in [0.29, 0.717) is 41.0 Å². The first kappa shape index (κ1) is 23.0. The quantitative estimate of drug-likeness (QED) is 0.427. The number of rotatable bonds is 5. The van der Waals surface area contributed by atoms with Gasteiger partial charge in [0.15, 0.2) is 5.13 Å². The Morgan fingerprint density at radius 3 is 2.94 bits per heavy atom. The number of aromatic hydroxyl groups is 1. The lowest BCUT2D eigenvalue weighted by molar-refractivity contribution is -0.116. The number of thiazole rings is 1. The van der Waals surface area contributed by atoms with Gasteiger partial charge in [-0.25, -0.2) is 4.98 Å². The highest BCUT2D eigenvalue weighted by Crippen LogP contribution is 2.64. The van der Waals surface area contributed by atoms with Gasteiger partial charge in [0.1, 0.15) is 5.75 Å². The van der Waals surface area contributed by atoms with E-state index in [9.17, 15) is 14.8 Å². The van der Waals surface area contributed by atoms with E-state index in [4.69, 9.17) is 0 Å². The second-order valence-corrected chi connectivity index (χ2v) is 12.4. The summed E-state index contributed by atoms with van der Waals surface area (Å²) in [7, 11) is 0. The molecule has 1 aromatic carbocycles. The van der Waals surface area contributed by atoms with Gasteiger partial charge in [-0.15, -0.1) is 11.3 Å². The zero-order valence-corrected chi connectivity index (χ0v) is 21.4. The Kier molecular flexibility index (Phi) is 6.10. The zero-order valence-electron chi connectivity index (χ0n) is 19.0. The van der Waals surface area contributed by atoms with Crippen molar-refractivity contribution in [3.8, 4) is 5.75 Å². The van der Waals surface area contributed by atoms with Gasteiger partial charge in [0, 0.05) is 17.5 Å². The smallest absolute Gasteiger partial charge is 0.226 e. The van der Waals surface area contributed by atoms with Crippen molar-refractivity contribution in [1.82, 2.24) is 4.98 Å². The number of aryl methyl sites for hydroxylation is 1. The highest BCUT2D eigenvalue weighted by atomic mass is 79.9. The van der Waals surface area contributed by atoms with E-state index in [-0.39, 0.29) is 17.4 Å². The summed E-state index contributed by atoms with van der Waals surface area (Å²) in [5.74, 6) is 1.91. The van der Waals surface area contributed by atoms with Crippen LogP contribution in [0.15, 0.2) is 28.0 Å². The molecule has 5 rings (SSSR count). The molecule has 2 N–H and O–H groups in total. The van der Waals surface area contributed by atoms with E-state index in [2.05, 4.69) is 44.4 Å². The molecule has 2 saturated carbocycles. The molecule has 1 amide bonds. The minimum atomic E-state index is -0.175. The van der Waals surface area contributed by atoms with E-state index < -0.39 is 0 Å². The third-order valence-electron chi connectivity index (χ3n) is 8.65. The lowest BCUT2D eigenvalue weighted by Gasteiger charge is -2.51. The summed E-state index contributed by atoms with van der Waals surface area (Å²) < 4.78 is 0.830. The summed E-state index contributed by atoms with van der Waals surface area (Å²) in [6, 6.07) is 3.72. The molecule has 1 heterocycles. The molecule has 3 aliphatic rings. The normalized spacial score (nSPS) is 32.5. The highest BCUT2D eigenvalue weighted by molar-refractivity contribution is 9.10. The Morgan fingerprint density at radius 2 is 2.21 bits per heavy atom. The number of nitrogens with zero attached hydrogens (tertiary/aromatic N) is 2. The van der Waals surface area contributed by atoms with E-state index in [1.54, 1.807) is 12.3 Å². The molecule has 8 heteroatoms. The fourth-order valence-corrected chi connectivity index (χ4v) is 8.48. The predicted molar refractivity (Wildman–Crippen MR) is 134 cm³/mol. The summed E-state index contributed by atoms with van der Waals surface area (Å²) in [5, 5.41) is 17.3. The van der Waals surface area contributed by atoms with E-state index in [0.717, 1.165) is 47.9 Å². The number of phenolic OH excluding ortho intramolecular Hbond substituents is 1. The van der Waals surface area contributed by atoms with Crippen molar-refractivity contribution >= 4 is 38.3 Å². The number of fused-ring (bicyclic) bond motifs is 5. The van der Waals surface area contributed by atoms with Crippen LogP contribution >= 0.6 is 27.3 Å². The molecule has 2 fully saturated rings. The number of nitroso groups, excluding NO2 is 1. The molecule has 6 unspecified atom stereocenters. The highest BCUT2D eigenvalue weighted by Gasteiger charge is 2.59. The van der Waals surface area contributed by atoms with Crippen molar-refractivity contribution in [3.05, 3.63) is 43.7 Å². The number of nitrogens with one attached hydrogen (secondary N) is 1. The first-order valence-electron chi connectivity index (χ1n) is 11.9. The molecule has 0 saturated heterocycles. The Hall–Kier alpha value is -1.80. The molecule has 3 aliphatic carbocycles. The average Bonchev–Trinajstić information content (AvgIpc) is 3.33. The van der Waals surface area contributed by atoms with Crippen LogP contribution in [0.1, 0.15) is 67.4 Å². The monoisotopic (exact) mass is 531 g/mol. The van der Waals surface area contributed by atoms with Crippen LogP contribution in [0.3, 0.4) is 0 Å². The maximum atomic E-state index is 12.6. The van der Waals surface area contributed by atoms with Crippen molar-refractivity contribution in [2.75, 3.05) is 5.32 Å². The SMILES string of the molecule is Cc1cnc(NC(=O)CCC2CC(N=O)C3(C)CCC4c5ccc(O)c(Br)c5CCC4C23)s1. The third kappa shape index (κ3) is 3.93. The standard InChI is InChI=1S/C25H30BrN3O3S/c1-13-12-27-24(33-13)28-21(31)8-3-14-11-20(29-32)25(2)10-9-16-15-6-7-19(30)23(26)18(15)5-4-17(16)22(14)25/h6-7,12,14,16-17,20,22,30H,3-5,8-11H2,1-2H3,(H,27,28,31). The van der Waals surface area contributed by atoms with Gasteiger partial charge < -0.3 is 10.4 Å². The summed E-state index contributed by atoms with van der Waals surface area (Å²) in [4.78, 5) is 29.8. The predicted octanol–water partition coefficient (Wildman–Crippen LogP) is 6.56. The summed E-state index contributed by atoms with van der Waals surface area (Å²) in [5.41, 5.74) is 2.48. The number of aromatic nitrogens is 1. The van der Waals surface area contributed by atoms with Crippen LogP contribution in [0.5, 0.6) is 5.75 Å². The molecular formula is C25H30BrN3O3S. The second-order valence-electron chi connectivity index (χ2n) is 10.3. The van der Waals surface area contributed by atoms with Gasteiger partial charge in [-0.2, -0.15) is 4.91 Å².